The van der Waals surface area contributed by atoms with Crippen molar-refractivity contribution in [2.75, 3.05) is 44.7 Å². The van der Waals surface area contributed by atoms with Crippen LogP contribution in [0.5, 0.6) is 0 Å². The summed E-state index contributed by atoms with van der Waals surface area (Å²) in [6.45, 7) is 8.26. The van der Waals surface area contributed by atoms with Gasteiger partial charge in [0.15, 0.2) is 5.11 Å². The third-order valence-electron chi connectivity index (χ3n) is 3.62. The number of benzene rings is 1. The Kier molecular flexibility index (Phi) is 7.15. The molecule has 0 spiro atoms. The van der Waals surface area contributed by atoms with E-state index in [1.54, 1.807) is 4.90 Å². The van der Waals surface area contributed by atoms with E-state index in [4.69, 9.17) is 17.0 Å². The number of rotatable bonds is 5. The van der Waals surface area contributed by atoms with Crippen molar-refractivity contribution < 1.29 is 9.64 Å². The first-order valence-electron chi connectivity index (χ1n) is 7.37. The van der Waals surface area contributed by atoms with Crippen LogP contribution in [-0.4, -0.2) is 44.5 Å². The molecule has 0 saturated carbocycles. The molecule has 3 N–H and O–H groups in total. The molecule has 1 fully saturated rings. The molecule has 1 aromatic rings. The summed E-state index contributed by atoms with van der Waals surface area (Å²) < 4.78 is 6.61. The van der Waals surface area contributed by atoms with Crippen molar-refractivity contribution in [1.29, 1.82) is 0 Å². The van der Waals surface area contributed by atoms with Gasteiger partial charge >= 0.3 is 0 Å². The molecule has 1 aliphatic rings. The number of ether oxygens (including phenoxy) is 1. The summed E-state index contributed by atoms with van der Waals surface area (Å²) in [4.78, 5) is 1.63. The lowest BCUT2D eigenvalue weighted by Crippen LogP contribution is -3.14. The number of anilines is 1. The molecule has 0 radical (unpaired) electrons. The fraction of sp³-hybridized carbons (Fsp3) is 0.533. The van der Waals surface area contributed by atoms with Gasteiger partial charge in [0.2, 0.25) is 0 Å². The molecule has 1 heterocycles. The minimum absolute atomic E-state index is 0.701. The molecule has 0 amide bonds. The molecule has 0 aromatic heterocycles. The standard InChI is InChI=1S/C15H22IN3OS/c1-12-3-4-13(11-14(12)16)18-15(21)17-5-2-6-19-7-9-20-10-8-19/h3-4,11H,2,5-10H2,1H3,(H2,17,18,21)/p+1. The Morgan fingerprint density at radius 2 is 2.14 bits per heavy atom. The van der Waals surface area contributed by atoms with Gasteiger partial charge in [0.1, 0.15) is 13.1 Å². The van der Waals surface area contributed by atoms with Crippen molar-refractivity contribution in [3.05, 3.63) is 27.3 Å². The number of aryl methyl sites for hydroxylation is 1. The first-order chi connectivity index (χ1) is 10.1. The maximum absolute atomic E-state index is 5.36. The van der Waals surface area contributed by atoms with Crippen LogP contribution in [0.3, 0.4) is 0 Å². The van der Waals surface area contributed by atoms with Gasteiger partial charge in [-0.3, -0.25) is 0 Å². The van der Waals surface area contributed by atoms with Crippen LogP contribution < -0.4 is 15.5 Å². The maximum atomic E-state index is 5.36. The van der Waals surface area contributed by atoms with Gasteiger partial charge in [-0.1, -0.05) is 6.07 Å². The number of morpholine rings is 1. The highest BCUT2D eigenvalue weighted by Gasteiger charge is 2.12. The van der Waals surface area contributed by atoms with Crippen LogP contribution in [0.25, 0.3) is 0 Å². The molecule has 4 nitrogen and oxygen atoms in total. The van der Waals surface area contributed by atoms with E-state index in [1.165, 1.54) is 15.7 Å². The first-order valence-corrected chi connectivity index (χ1v) is 8.86. The van der Waals surface area contributed by atoms with Crippen LogP contribution in [0.2, 0.25) is 0 Å². The molecule has 116 valence electrons. The Bertz CT molecular complexity index is 478. The Hall–Kier alpha value is -0.440. The van der Waals surface area contributed by atoms with Crippen molar-refractivity contribution in [1.82, 2.24) is 5.32 Å². The first kappa shape index (κ1) is 16.9. The molecule has 0 atom stereocenters. The highest BCUT2D eigenvalue weighted by Crippen LogP contribution is 2.16. The zero-order valence-electron chi connectivity index (χ0n) is 12.4. The fourth-order valence-electron chi connectivity index (χ4n) is 2.30. The lowest BCUT2D eigenvalue weighted by molar-refractivity contribution is -0.908. The van der Waals surface area contributed by atoms with Gasteiger partial charge in [-0.2, -0.15) is 0 Å². The molecular formula is C15H23IN3OS+. The van der Waals surface area contributed by atoms with E-state index in [0.717, 1.165) is 45.0 Å². The summed E-state index contributed by atoms with van der Waals surface area (Å²) in [5.74, 6) is 0. The predicted molar refractivity (Wildman–Crippen MR) is 99.1 cm³/mol. The predicted octanol–water partition coefficient (Wildman–Crippen LogP) is 1.19. The van der Waals surface area contributed by atoms with Gasteiger partial charge in [-0.25, -0.2) is 0 Å². The number of quaternary nitrogens is 1. The van der Waals surface area contributed by atoms with E-state index in [1.807, 2.05) is 0 Å². The third-order valence-corrected chi connectivity index (χ3v) is 5.03. The monoisotopic (exact) mass is 420 g/mol. The molecular weight excluding hydrogens is 397 g/mol. The molecule has 1 aliphatic heterocycles. The van der Waals surface area contributed by atoms with Crippen LogP contribution in [0, 0.1) is 10.5 Å². The Morgan fingerprint density at radius 3 is 2.86 bits per heavy atom. The Morgan fingerprint density at radius 1 is 1.38 bits per heavy atom. The number of hydrogen-bond donors (Lipinski definition) is 3. The van der Waals surface area contributed by atoms with E-state index >= 15 is 0 Å². The van der Waals surface area contributed by atoms with Gasteiger partial charge in [0, 0.05) is 22.2 Å². The minimum atomic E-state index is 0.701. The average molecular weight is 420 g/mol. The van der Waals surface area contributed by atoms with Gasteiger partial charge < -0.3 is 20.3 Å². The lowest BCUT2D eigenvalue weighted by Gasteiger charge is -2.23. The molecule has 0 unspecified atom stereocenters. The van der Waals surface area contributed by atoms with Crippen LogP contribution in [0.4, 0.5) is 5.69 Å². The fourth-order valence-corrected chi connectivity index (χ4v) is 3.03. The summed E-state index contributed by atoms with van der Waals surface area (Å²) in [6.07, 6.45) is 1.13. The number of thiocarbonyl (C=S) groups is 1. The van der Waals surface area contributed by atoms with E-state index in [2.05, 4.69) is 58.3 Å². The summed E-state index contributed by atoms with van der Waals surface area (Å²) in [5.41, 5.74) is 2.33. The lowest BCUT2D eigenvalue weighted by atomic mass is 10.2. The highest BCUT2D eigenvalue weighted by molar-refractivity contribution is 14.1. The van der Waals surface area contributed by atoms with Crippen molar-refractivity contribution in [3.63, 3.8) is 0 Å². The number of nitrogens with one attached hydrogen (secondary N) is 3. The molecule has 0 bridgehead atoms. The second-order valence-electron chi connectivity index (χ2n) is 5.31. The molecule has 6 heteroatoms. The summed E-state index contributed by atoms with van der Waals surface area (Å²) in [7, 11) is 0. The van der Waals surface area contributed by atoms with Crippen molar-refractivity contribution in [2.45, 2.75) is 13.3 Å². The zero-order chi connectivity index (χ0) is 15.1. The average Bonchev–Trinajstić information content (AvgIpc) is 2.49. The zero-order valence-corrected chi connectivity index (χ0v) is 15.4. The minimum Gasteiger partial charge on any atom is -0.370 e. The van der Waals surface area contributed by atoms with E-state index in [9.17, 15) is 0 Å². The van der Waals surface area contributed by atoms with E-state index in [0.29, 0.717) is 5.11 Å². The number of halogens is 1. The van der Waals surface area contributed by atoms with E-state index in [-0.39, 0.29) is 0 Å². The Labute approximate surface area is 145 Å². The smallest absolute Gasteiger partial charge is 0.170 e. The normalized spacial score (nSPS) is 15.7. The highest BCUT2D eigenvalue weighted by atomic mass is 127. The van der Waals surface area contributed by atoms with E-state index < -0.39 is 0 Å². The Balaban J connectivity index is 1.63. The van der Waals surface area contributed by atoms with Crippen molar-refractivity contribution >= 4 is 45.6 Å². The molecule has 1 aromatic carbocycles. The maximum Gasteiger partial charge on any atom is 0.170 e. The van der Waals surface area contributed by atoms with Crippen LogP contribution in [0.1, 0.15) is 12.0 Å². The van der Waals surface area contributed by atoms with Crippen molar-refractivity contribution in [2.24, 2.45) is 0 Å². The third kappa shape index (κ3) is 6.06. The second kappa shape index (κ2) is 8.87. The summed E-state index contributed by atoms with van der Waals surface area (Å²) >= 11 is 7.67. The number of hydrogen-bond acceptors (Lipinski definition) is 2. The second-order valence-corrected chi connectivity index (χ2v) is 6.88. The van der Waals surface area contributed by atoms with Gasteiger partial charge in [-0.15, -0.1) is 0 Å². The molecule has 2 rings (SSSR count). The van der Waals surface area contributed by atoms with Gasteiger partial charge in [0.05, 0.1) is 19.8 Å². The van der Waals surface area contributed by atoms with Crippen molar-refractivity contribution in [3.8, 4) is 0 Å². The topological polar surface area (TPSA) is 37.7 Å². The van der Waals surface area contributed by atoms with Crippen LogP contribution in [-0.2, 0) is 4.74 Å². The SMILES string of the molecule is Cc1ccc(NC(=S)NCCC[NH+]2CCOCC2)cc1I. The largest absolute Gasteiger partial charge is 0.370 e. The van der Waals surface area contributed by atoms with Gasteiger partial charge in [0.25, 0.3) is 0 Å². The quantitative estimate of drug-likeness (QED) is 0.380. The molecule has 21 heavy (non-hydrogen) atoms. The molecule has 1 saturated heterocycles. The molecule has 0 aliphatic carbocycles. The summed E-state index contributed by atoms with van der Waals surface area (Å²) in [5, 5.41) is 7.22. The van der Waals surface area contributed by atoms with Crippen LogP contribution in [0.15, 0.2) is 18.2 Å². The van der Waals surface area contributed by atoms with Gasteiger partial charge in [-0.05, 0) is 59.4 Å². The van der Waals surface area contributed by atoms with Crippen LogP contribution >= 0.6 is 34.8 Å². The summed E-state index contributed by atoms with van der Waals surface area (Å²) in [6, 6.07) is 6.28.